The van der Waals surface area contributed by atoms with E-state index in [0.717, 1.165) is 48.0 Å². The largest absolute Gasteiger partial charge is 0.497 e. The van der Waals surface area contributed by atoms with Gasteiger partial charge in [0.05, 0.1) is 21.3 Å². The Morgan fingerprint density at radius 1 is 1.00 bits per heavy atom. The summed E-state index contributed by atoms with van der Waals surface area (Å²) >= 11 is 0. The predicted octanol–water partition coefficient (Wildman–Crippen LogP) is 3.36. The zero-order valence-electron chi connectivity index (χ0n) is 19.3. The molecule has 2 heterocycles. The molecular weight excluding hydrogens is 396 g/mol. The number of rotatable bonds is 6. The van der Waals surface area contributed by atoms with Crippen molar-refractivity contribution in [2.45, 2.75) is 20.3 Å². The van der Waals surface area contributed by atoms with Crippen molar-refractivity contribution < 1.29 is 19.0 Å². The second kappa shape index (κ2) is 9.76. The summed E-state index contributed by atoms with van der Waals surface area (Å²) in [7, 11) is 6.64. The first-order valence-electron chi connectivity index (χ1n) is 10.5. The summed E-state index contributed by atoms with van der Waals surface area (Å²) in [5, 5.41) is 0. The molecule has 0 radical (unpaired) electrons. The summed E-state index contributed by atoms with van der Waals surface area (Å²) < 4.78 is 16.2. The van der Waals surface area contributed by atoms with Crippen LogP contribution >= 0.6 is 0 Å². The number of methoxy groups -OCH3 is 3. The Bertz CT molecular complexity index is 904. The van der Waals surface area contributed by atoms with Gasteiger partial charge in [0.1, 0.15) is 17.2 Å². The first-order valence-corrected chi connectivity index (χ1v) is 10.5. The molecular formula is C23H32N4O4. The second-order valence-corrected chi connectivity index (χ2v) is 7.52. The number of aromatic nitrogens is 1. The Morgan fingerprint density at radius 2 is 1.61 bits per heavy atom. The SMILES string of the molecule is CCc1nc(OC)c(N(C)C(=O)N2CCN(c3cc(OC)cc(OC)c3)CC2)cc1C. The number of carbonyl (C=O) groups is 1. The maximum absolute atomic E-state index is 13.2. The third-order valence-electron chi connectivity index (χ3n) is 5.69. The molecule has 0 aliphatic carbocycles. The number of carbonyl (C=O) groups excluding carboxylic acids is 1. The Morgan fingerprint density at radius 3 is 2.13 bits per heavy atom. The Labute approximate surface area is 184 Å². The van der Waals surface area contributed by atoms with E-state index in [-0.39, 0.29) is 6.03 Å². The van der Waals surface area contributed by atoms with E-state index in [4.69, 9.17) is 14.2 Å². The van der Waals surface area contributed by atoms with Crippen LogP contribution in [-0.4, -0.2) is 70.5 Å². The highest BCUT2D eigenvalue weighted by atomic mass is 16.5. The van der Waals surface area contributed by atoms with Crippen molar-refractivity contribution in [1.82, 2.24) is 9.88 Å². The number of hydrogen-bond acceptors (Lipinski definition) is 6. The van der Waals surface area contributed by atoms with Gasteiger partial charge in [-0.05, 0) is 25.0 Å². The molecule has 3 rings (SSSR count). The van der Waals surface area contributed by atoms with Gasteiger partial charge in [-0.3, -0.25) is 4.90 Å². The average Bonchev–Trinajstić information content (AvgIpc) is 2.82. The van der Waals surface area contributed by atoms with Crippen molar-refractivity contribution in [2.75, 3.05) is 64.4 Å². The molecule has 1 fully saturated rings. The van der Waals surface area contributed by atoms with Crippen molar-refractivity contribution in [3.05, 3.63) is 35.5 Å². The van der Waals surface area contributed by atoms with Crippen LogP contribution in [-0.2, 0) is 6.42 Å². The molecule has 168 valence electrons. The summed E-state index contributed by atoms with van der Waals surface area (Å²) in [6.07, 6.45) is 0.817. The molecule has 0 unspecified atom stereocenters. The van der Waals surface area contributed by atoms with Gasteiger partial charge in [0.25, 0.3) is 0 Å². The van der Waals surface area contributed by atoms with E-state index in [9.17, 15) is 4.79 Å². The molecule has 1 saturated heterocycles. The lowest BCUT2D eigenvalue weighted by atomic mass is 10.1. The summed E-state index contributed by atoms with van der Waals surface area (Å²) in [6.45, 7) is 6.74. The topological polar surface area (TPSA) is 67.4 Å². The van der Waals surface area contributed by atoms with E-state index in [1.165, 1.54) is 0 Å². The molecule has 0 spiro atoms. The van der Waals surface area contributed by atoms with Crippen LogP contribution in [0.15, 0.2) is 24.3 Å². The molecule has 8 heteroatoms. The molecule has 2 aromatic rings. The summed E-state index contributed by atoms with van der Waals surface area (Å²) in [5.74, 6) is 1.97. The lowest BCUT2D eigenvalue weighted by Crippen LogP contribution is -2.52. The number of ether oxygens (including phenoxy) is 3. The van der Waals surface area contributed by atoms with Crippen LogP contribution in [0, 0.1) is 6.92 Å². The molecule has 0 atom stereocenters. The molecule has 1 aromatic heterocycles. The van der Waals surface area contributed by atoms with Gasteiger partial charge < -0.3 is 24.0 Å². The molecule has 31 heavy (non-hydrogen) atoms. The molecule has 0 saturated carbocycles. The highest BCUT2D eigenvalue weighted by Gasteiger charge is 2.27. The highest BCUT2D eigenvalue weighted by molar-refractivity contribution is 5.93. The third kappa shape index (κ3) is 4.78. The minimum Gasteiger partial charge on any atom is -0.497 e. The van der Waals surface area contributed by atoms with Crippen LogP contribution in [0.3, 0.4) is 0 Å². The minimum absolute atomic E-state index is 0.0633. The van der Waals surface area contributed by atoms with E-state index in [0.29, 0.717) is 24.7 Å². The van der Waals surface area contributed by atoms with Crippen molar-refractivity contribution in [1.29, 1.82) is 0 Å². The Hall–Kier alpha value is -3.16. The number of urea groups is 1. The summed E-state index contributed by atoms with van der Waals surface area (Å²) in [5.41, 5.74) is 3.73. The predicted molar refractivity (Wildman–Crippen MR) is 122 cm³/mol. The summed E-state index contributed by atoms with van der Waals surface area (Å²) in [4.78, 5) is 23.5. The second-order valence-electron chi connectivity index (χ2n) is 7.52. The van der Waals surface area contributed by atoms with Gasteiger partial charge in [-0.2, -0.15) is 0 Å². The van der Waals surface area contributed by atoms with Crippen LogP contribution in [0.4, 0.5) is 16.2 Å². The maximum Gasteiger partial charge on any atom is 0.324 e. The van der Waals surface area contributed by atoms with E-state index in [2.05, 4.69) is 16.8 Å². The van der Waals surface area contributed by atoms with Crippen LogP contribution in [0.1, 0.15) is 18.2 Å². The van der Waals surface area contributed by atoms with Crippen molar-refractivity contribution in [2.24, 2.45) is 0 Å². The van der Waals surface area contributed by atoms with Gasteiger partial charge in [0, 0.05) is 62.8 Å². The van der Waals surface area contributed by atoms with E-state index >= 15 is 0 Å². The Balaban J connectivity index is 1.71. The lowest BCUT2D eigenvalue weighted by molar-refractivity contribution is 0.202. The zero-order chi connectivity index (χ0) is 22.5. The highest BCUT2D eigenvalue weighted by Crippen LogP contribution is 2.31. The molecule has 1 aromatic carbocycles. The van der Waals surface area contributed by atoms with Crippen LogP contribution < -0.4 is 24.0 Å². The van der Waals surface area contributed by atoms with Gasteiger partial charge in [0.2, 0.25) is 5.88 Å². The van der Waals surface area contributed by atoms with Gasteiger partial charge in [-0.1, -0.05) is 6.92 Å². The lowest BCUT2D eigenvalue weighted by Gasteiger charge is -2.38. The van der Waals surface area contributed by atoms with Crippen molar-refractivity contribution in [3.8, 4) is 17.4 Å². The molecule has 8 nitrogen and oxygen atoms in total. The smallest absolute Gasteiger partial charge is 0.324 e. The van der Waals surface area contributed by atoms with Crippen LogP contribution in [0.25, 0.3) is 0 Å². The van der Waals surface area contributed by atoms with E-state index < -0.39 is 0 Å². The number of piperazine rings is 1. The standard InChI is InChI=1S/C23H32N4O4/c1-7-20-16(2)12-21(22(24-20)31-6)25(3)23(28)27-10-8-26(9-11-27)17-13-18(29-4)15-19(14-17)30-5/h12-15H,7-11H2,1-6H3. The fourth-order valence-corrected chi connectivity index (χ4v) is 3.81. The quantitative estimate of drug-likeness (QED) is 0.703. The number of benzene rings is 1. The summed E-state index contributed by atoms with van der Waals surface area (Å²) in [6, 6.07) is 7.74. The fraction of sp³-hybridized carbons (Fsp3) is 0.478. The molecule has 2 amide bonds. The maximum atomic E-state index is 13.2. The van der Waals surface area contributed by atoms with Gasteiger partial charge in [-0.25, -0.2) is 9.78 Å². The van der Waals surface area contributed by atoms with Crippen molar-refractivity contribution in [3.63, 3.8) is 0 Å². The normalized spacial score (nSPS) is 13.7. The van der Waals surface area contributed by atoms with Crippen LogP contribution in [0.5, 0.6) is 17.4 Å². The molecule has 0 bridgehead atoms. The number of hydrogen-bond donors (Lipinski definition) is 0. The van der Waals surface area contributed by atoms with Crippen molar-refractivity contribution >= 4 is 17.4 Å². The van der Waals surface area contributed by atoms with E-state index in [1.54, 1.807) is 33.3 Å². The van der Waals surface area contributed by atoms with Gasteiger partial charge in [0.15, 0.2) is 0 Å². The number of nitrogens with zero attached hydrogens (tertiary/aromatic N) is 4. The molecule has 1 aliphatic heterocycles. The van der Waals surface area contributed by atoms with E-state index in [1.807, 2.05) is 36.1 Å². The third-order valence-corrected chi connectivity index (χ3v) is 5.69. The number of pyridine rings is 1. The Kier molecular flexibility index (Phi) is 7.09. The zero-order valence-corrected chi connectivity index (χ0v) is 19.3. The van der Waals surface area contributed by atoms with Gasteiger partial charge >= 0.3 is 6.03 Å². The minimum atomic E-state index is -0.0633. The molecule has 0 N–H and O–H groups in total. The fourth-order valence-electron chi connectivity index (χ4n) is 3.81. The number of amides is 2. The first kappa shape index (κ1) is 22.5. The molecule has 1 aliphatic rings. The van der Waals surface area contributed by atoms with Gasteiger partial charge in [-0.15, -0.1) is 0 Å². The monoisotopic (exact) mass is 428 g/mol. The number of aryl methyl sites for hydroxylation is 2. The number of anilines is 2. The average molecular weight is 429 g/mol. The first-order chi connectivity index (χ1) is 14.9. The van der Waals surface area contributed by atoms with Crippen LogP contribution in [0.2, 0.25) is 0 Å².